The average molecular weight is 403 g/mol. The first-order valence-corrected chi connectivity index (χ1v) is 9.30. The Bertz CT molecular complexity index is 904. The van der Waals surface area contributed by atoms with Gasteiger partial charge in [0.05, 0.1) is 13.2 Å². The van der Waals surface area contributed by atoms with Crippen LogP contribution in [0, 0.1) is 0 Å². The monoisotopic (exact) mass is 402 g/mol. The first-order valence-electron chi connectivity index (χ1n) is 8.92. The van der Waals surface area contributed by atoms with Crippen LogP contribution >= 0.6 is 11.6 Å². The fourth-order valence-corrected chi connectivity index (χ4v) is 3.65. The Morgan fingerprint density at radius 2 is 1.96 bits per heavy atom. The second-order valence-electron chi connectivity index (χ2n) is 6.76. The van der Waals surface area contributed by atoms with Gasteiger partial charge in [0.2, 0.25) is 0 Å². The highest BCUT2D eigenvalue weighted by molar-refractivity contribution is 6.30. The van der Waals surface area contributed by atoms with Gasteiger partial charge in [-0.3, -0.25) is 9.69 Å². The predicted octanol–water partition coefficient (Wildman–Crippen LogP) is 2.31. The van der Waals surface area contributed by atoms with Gasteiger partial charge in [-0.25, -0.2) is 4.79 Å². The zero-order chi connectivity index (χ0) is 19.7. The quantitative estimate of drug-likeness (QED) is 0.749. The van der Waals surface area contributed by atoms with Gasteiger partial charge in [0, 0.05) is 17.0 Å². The third-order valence-corrected chi connectivity index (χ3v) is 5.16. The van der Waals surface area contributed by atoms with Crippen LogP contribution in [0.2, 0.25) is 5.02 Å². The number of para-hydroxylation sites is 1. The van der Waals surface area contributed by atoms with E-state index in [1.807, 2.05) is 6.07 Å². The van der Waals surface area contributed by atoms with E-state index in [1.54, 1.807) is 42.5 Å². The molecule has 0 unspecified atom stereocenters. The number of rotatable bonds is 5. The molecule has 4 rings (SSSR count). The molecule has 2 N–H and O–H groups in total. The number of nitrogens with zero attached hydrogens (tertiary/aromatic N) is 1. The van der Waals surface area contributed by atoms with Crippen LogP contribution in [0.25, 0.3) is 0 Å². The summed E-state index contributed by atoms with van der Waals surface area (Å²) in [6.45, 7) is 0.0908. The van der Waals surface area contributed by atoms with E-state index in [-0.39, 0.29) is 13.2 Å². The number of ether oxygens (including phenoxy) is 2. The number of urea groups is 1. The maximum atomic E-state index is 13.1. The number of carbonyl (C=O) groups is 2. The zero-order valence-corrected chi connectivity index (χ0v) is 15.7. The molecule has 146 valence electrons. The lowest BCUT2D eigenvalue weighted by Crippen LogP contribution is -2.48. The van der Waals surface area contributed by atoms with Crippen molar-refractivity contribution in [2.75, 3.05) is 19.8 Å². The van der Waals surface area contributed by atoms with Crippen molar-refractivity contribution in [1.29, 1.82) is 0 Å². The first-order chi connectivity index (χ1) is 13.5. The molecule has 1 spiro atoms. The summed E-state index contributed by atoms with van der Waals surface area (Å²) < 4.78 is 11.1. The van der Waals surface area contributed by atoms with Gasteiger partial charge in [0.15, 0.2) is 5.54 Å². The highest BCUT2D eigenvalue weighted by Crippen LogP contribution is 2.40. The van der Waals surface area contributed by atoms with Gasteiger partial charge in [0.1, 0.15) is 24.2 Å². The zero-order valence-electron chi connectivity index (χ0n) is 14.9. The second kappa shape index (κ2) is 7.33. The summed E-state index contributed by atoms with van der Waals surface area (Å²) in [7, 11) is 0. The fourth-order valence-electron chi connectivity index (χ4n) is 3.52. The van der Waals surface area contributed by atoms with Crippen molar-refractivity contribution < 1.29 is 24.2 Å². The van der Waals surface area contributed by atoms with Gasteiger partial charge in [-0.15, -0.1) is 0 Å². The molecule has 0 radical (unpaired) electrons. The Labute approximate surface area is 166 Å². The van der Waals surface area contributed by atoms with Gasteiger partial charge in [-0.05, 0) is 30.3 Å². The number of nitrogens with one attached hydrogen (secondary N) is 1. The van der Waals surface area contributed by atoms with E-state index >= 15 is 0 Å². The Morgan fingerprint density at radius 3 is 2.75 bits per heavy atom. The largest absolute Gasteiger partial charge is 0.493 e. The summed E-state index contributed by atoms with van der Waals surface area (Å²) >= 11 is 5.82. The SMILES string of the molecule is O=C1N[C@@]2(CCOc3ccccc32)C(=O)N1C[C@@H](O)COc1ccc(Cl)cc1. The van der Waals surface area contributed by atoms with Crippen LogP contribution in [0.5, 0.6) is 11.5 Å². The predicted molar refractivity (Wildman–Crippen MR) is 101 cm³/mol. The lowest BCUT2D eigenvalue weighted by molar-refractivity contribution is -0.133. The molecule has 2 aliphatic rings. The summed E-state index contributed by atoms with van der Waals surface area (Å²) in [5, 5.41) is 13.7. The highest BCUT2D eigenvalue weighted by Gasteiger charge is 2.55. The maximum absolute atomic E-state index is 13.1. The summed E-state index contributed by atoms with van der Waals surface area (Å²) in [5.74, 6) is 0.727. The van der Waals surface area contributed by atoms with E-state index in [0.717, 1.165) is 4.90 Å². The molecule has 1 saturated heterocycles. The van der Waals surface area contributed by atoms with E-state index in [9.17, 15) is 14.7 Å². The van der Waals surface area contributed by atoms with Crippen molar-refractivity contribution in [2.45, 2.75) is 18.1 Å². The molecule has 0 aliphatic carbocycles. The number of hydrogen-bond donors (Lipinski definition) is 2. The standard InChI is InChI=1S/C20H19ClN2O5/c21-13-5-7-15(8-6-13)28-12-14(24)11-23-18(25)20(22-19(23)26)9-10-27-17-4-2-1-3-16(17)20/h1-8,14,24H,9-12H2,(H,22,26)/t14-,20-/m1/s1. The number of β-amino-alcohol motifs (C(OH)–C–C–N with tert-alkyl or cyclic N) is 1. The Hall–Kier alpha value is -2.77. The number of aliphatic hydroxyl groups is 1. The highest BCUT2D eigenvalue weighted by atomic mass is 35.5. The molecule has 0 bridgehead atoms. The Balaban J connectivity index is 1.45. The summed E-state index contributed by atoms with van der Waals surface area (Å²) in [6.07, 6.45) is -0.696. The molecule has 1 fully saturated rings. The molecule has 2 atom stereocenters. The number of benzene rings is 2. The van der Waals surface area contributed by atoms with Gasteiger partial charge >= 0.3 is 6.03 Å². The van der Waals surface area contributed by atoms with Crippen LogP contribution in [0.15, 0.2) is 48.5 Å². The van der Waals surface area contributed by atoms with Crippen LogP contribution in [-0.4, -0.2) is 47.8 Å². The van der Waals surface area contributed by atoms with Gasteiger partial charge < -0.3 is 19.9 Å². The van der Waals surface area contributed by atoms with E-state index in [4.69, 9.17) is 21.1 Å². The van der Waals surface area contributed by atoms with E-state index in [1.165, 1.54) is 0 Å². The van der Waals surface area contributed by atoms with Crippen molar-refractivity contribution in [3.63, 3.8) is 0 Å². The molecule has 8 heteroatoms. The third-order valence-electron chi connectivity index (χ3n) is 4.91. The fraction of sp³-hybridized carbons (Fsp3) is 0.300. The average Bonchev–Trinajstić information content (AvgIpc) is 2.93. The number of aliphatic hydroxyl groups excluding tert-OH is 1. The van der Waals surface area contributed by atoms with Crippen LogP contribution in [0.1, 0.15) is 12.0 Å². The number of hydrogen-bond acceptors (Lipinski definition) is 5. The molecule has 7 nitrogen and oxygen atoms in total. The molecule has 2 aromatic carbocycles. The summed E-state index contributed by atoms with van der Waals surface area (Å²) in [5.41, 5.74) is -0.517. The third kappa shape index (κ3) is 3.27. The topological polar surface area (TPSA) is 88.1 Å². The number of fused-ring (bicyclic) bond motifs is 2. The molecule has 2 heterocycles. The first kappa shape index (κ1) is 18.6. The van der Waals surface area contributed by atoms with Crippen LogP contribution in [0.4, 0.5) is 4.79 Å². The molecular formula is C20H19ClN2O5. The summed E-state index contributed by atoms with van der Waals surface area (Å²) in [4.78, 5) is 26.7. The van der Waals surface area contributed by atoms with Gasteiger partial charge in [-0.1, -0.05) is 29.8 Å². The van der Waals surface area contributed by atoms with Crippen LogP contribution in [0.3, 0.4) is 0 Å². The van der Waals surface area contributed by atoms with Crippen molar-refractivity contribution in [2.24, 2.45) is 0 Å². The lowest BCUT2D eigenvalue weighted by atomic mass is 9.84. The van der Waals surface area contributed by atoms with Crippen molar-refractivity contribution in [1.82, 2.24) is 10.2 Å². The smallest absolute Gasteiger partial charge is 0.325 e. The minimum absolute atomic E-state index is 0.0641. The van der Waals surface area contributed by atoms with E-state index in [2.05, 4.69) is 5.32 Å². The normalized spacial score (nSPS) is 21.9. The van der Waals surface area contributed by atoms with Crippen LogP contribution < -0.4 is 14.8 Å². The van der Waals surface area contributed by atoms with Crippen molar-refractivity contribution >= 4 is 23.5 Å². The Morgan fingerprint density at radius 1 is 1.21 bits per heavy atom. The Kier molecular flexibility index (Phi) is 4.87. The molecular weight excluding hydrogens is 384 g/mol. The summed E-state index contributed by atoms with van der Waals surface area (Å²) in [6, 6.07) is 13.3. The molecule has 0 aromatic heterocycles. The lowest BCUT2D eigenvalue weighted by Gasteiger charge is -2.33. The maximum Gasteiger partial charge on any atom is 0.325 e. The molecule has 3 amide bonds. The number of carbonyl (C=O) groups excluding carboxylic acids is 2. The van der Waals surface area contributed by atoms with Crippen molar-refractivity contribution in [3.8, 4) is 11.5 Å². The van der Waals surface area contributed by atoms with Crippen molar-refractivity contribution in [3.05, 3.63) is 59.1 Å². The molecule has 2 aromatic rings. The number of imide groups is 1. The molecule has 0 saturated carbocycles. The number of amides is 3. The van der Waals surface area contributed by atoms with E-state index in [0.29, 0.717) is 35.1 Å². The number of halogens is 1. The molecule has 2 aliphatic heterocycles. The van der Waals surface area contributed by atoms with Crippen LogP contribution in [-0.2, 0) is 10.3 Å². The second-order valence-corrected chi connectivity index (χ2v) is 7.20. The minimum Gasteiger partial charge on any atom is -0.493 e. The molecule has 28 heavy (non-hydrogen) atoms. The van der Waals surface area contributed by atoms with E-state index < -0.39 is 23.6 Å². The van der Waals surface area contributed by atoms with Gasteiger partial charge in [-0.2, -0.15) is 0 Å². The minimum atomic E-state index is -1.15. The van der Waals surface area contributed by atoms with Gasteiger partial charge in [0.25, 0.3) is 5.91 Å².